The lowest BCUT2D eigenvalue weighted by molar-refractivity contribution is 0.102. The molecule has 0 saturated heterocycles. The Morgan fingerprint density at radius 1 is 1.20 bits per heavy atom. The van der Waals surface area contributed by atoms with Gasteiger partial charge in [0, 0.05) is 18.1 Å². The van der Waals surface area contributed by atoms with Crippen LogP contribution in [0.4, 0.5) is 11.4 Å². The number of anilines is 2. The van der Waals surface area contributed by atoms with Crippen molar-refractivity contribution in [1.82, 2.24) is 9.97 Å². The number of hydrogen-bond donors (Lipinski definition) is 2. The maximum absolute atomic E-state index is 11.9. The van der Waals surface area contributed by atoms with Gasteiger partial charge in [-0.3, -0.25) is 14.5 Å². The van der Waals surface area contributed by atoms with Gasteiger partial charge in [-0.05, 0) is 18.2 Å². The molecule has 0 atom stereocenters. The van der Waals surface area contributed by atoms with Crippen molar-refractivity contribution in [1.29, 1.82) is 0 Å². The van der Waals surface area contributed by atoms with Crippen LogP contribution in [-0.2, 0) is 10.0 Å². The van der Waals surface area contributed by atoms with Gasteiger partial charge < -0.3 is 5.32 Å². The summed E-state index contributed by atoms with van der Waals surface area (Å²) in [5.41, 5.74) is 0.993. The van der Waals surface area contributed by atoms with Crippen LogP contribution in [0.1, 0.15) is 10.5 Å². The largest absolute Gasteiger partial charge is 0.321 e. The number of nitrogens with zero attached hydrogens (tertiary/aromatic N) is 2. The number of carbonyl (C=O) groups is 1. The Balaban J connectivity index is 2.14. The molecule has 0 bridgehead atoms. The highest BCUT2D eigenvalue weighted by atomic mass is 32.2. The fraction of sp³-hybridized carbons (Fsp3) is 0.0833. The maximum atomic E-state index is 11.9. The number of rotatable bonds is 4. The Morgan fingerprint density at radius 3 is 2.60 bits per heavy atom. The van der Waals surface area contributed by atoms with E-state index in [0.717, 1.165) is 6.26 Å². The first-order chi connectivity index (χ1) is 9.44. The predicted molar refractivity (Wildman–Crippen MR) is 74.9 cm³/mol. The fourth-order valence-electron chi connectivity index (χ4n) is 1.49. The number of sulfonamides is 1. The van der Waals surface area contributed by atoms with Gasteiger partial charge in [0.25, 0.3) is 5.91 Å². The van der Waals surface area contributed by atoms with Gasteiger partial charge in [-0.15, -0.1) is 0 Å². The van der Waals surface area contributed by atoms with Gasteiger partial charge in [-0.2, -0.15) is 0 Å². The molecule has 2 rings (SSSR count). The molecule has 0 unspecified atom stereocenters. The normalized spacial score (nSPS) is 10.8. The highest BCUT2D eigenvalue weighted by Crippen LogP contribution is 2.16. The van der Waals surface area contributed by atoms with E-state index in [9.17, 15) is 13.2 Å². The molecule has 1 heterocycles. The van der Waals surface area contributed by atoms with Crippen LogP contribution in [0, 0.1) is 0 Å². The Labute approximate surface area is 116 Å². The second-order valence-electron chi connectivity index (χ2n) is 4.00. The van der Waals surface area contributed by atoms with Gasteiger partial charge in [0.1, 0.15) is 5.69 Å². The lowest BCUT2D eigenvalue weighted by Crippen LogP contribution is -2.14. The first-order valence-corrected chi connectivity index (χ1v) is 7.48. The lowest BCUT2D eigenvalue weighted by Gasteiger charge is -2.07. The van der Waals surface area contributed by atoms with Crippen LogP contribution in [0.25, 0.3) is 0 Å². The number of carbonyl (C=O) groups excluding carboxylic acids is 1. The molecule has 2 aromatic rings. The minimum Gasteiger partial charge on any atom is -0.321 e. The summed E-state index contributed by atoms with van der Waals surface area (Å²) in [6, 6.07) is 6.36. The third-order valence-electron chi connectivity index (χ3n) is 2.22. The molecule has 1 amide bonds. The molecule has 0 fully saturated rings. The molecule has 20 heavy (non-hydrogen) atoms. The summed E-state index contributed by atoms with van der Waals surface area (Å²) in [4.78, 5) is 19.5. The monoisotopic (exact) mass is 292 g/mol. The number of hydrogen-bond acceptors (Lipinski definition) is 5. The summed E-state index contributed by atoms with van der Waals surface area (Å²) in [7, 11) is -3.36. The van der Waals surface area contributed by atoms with E-state index in [1.165, 1.54) is 24.7 Å². The Morgan fingerprint density at radius 2 is 1.95 bits per heavy atom. The molecule has 0 saturated carbocycles. The molecule has 8 heteroatoms. The van der Waals surface area contributed by atoms with E-state index >= 15 is 0 Å². The smallest absolute Gasteiger partial charge is 0.275 e. The number of amides is 1. The highest BCUT2D eigenvalue weighted by molar-refractivity contribution is 7.92. The summed E-state index contributed by atoms with van der Waals surface area (Å²) in [5.74, 6) is -0.422. The van der Waals surface area contributed by atoms with E-state index < -0.39 is 15.9 Å². The molecule has 104 valence electrons. The van der Waals surface area contributed by atoms with E-state index in [2.05, 4.69) is 20.0 Å². The average molecular weight is 292 g/mol. The van der Waals surface area contributed by atoms with Crippen LogP contribution in [0.15, 0.2) is 42.9 Å². The summed E-state index contributed by atoms with van der Waals surface area (Å²) in [6.45, 7) is 0. The molecule has 0 aliphatic rings. The van der Waals surface area contributed by atoms with Gasteiger partial charge in [0.15, 0.2) is 0 Å². The molecule has 7 nitrogen and oxygen atoms in total. The molecular formula is C12H12N4O3S. The second kappa shape index (κ2) is 5.66. The van der Waals surface area contributed by atoms with Crippen molar-refractivity contribution in [2.24, 2.45) is 0 Å². The molecule has 1 aromatic heterocycles. The van der Waals surface area contributed by atoms with Crippen molar-refractivity contribution in [2.45, 2.75) is 0 Å². The quantitative estimate of drug-likeness (QED) is 0.878. The topological polar surface area (TPSA) is 101 Å². The maximum Gasteiger partial charge on any atom is 0.275 e. The molecule has 1 aromatic carbocycles. The Hall–Kier alpha value is -2.48. The molecule has 0 aliphatic heterocycles. The van der Waals surface area contributed by atoms with Gasteiger partial charge in [-0.1, -0.05) is 6.07 Å². The Bertz CT molecular complexity index is 716. The predicted octanol–water partition coefficient (Wildman–Crippen LogP) is 1.10. The summed E-state index contributed by atoms with van der Waals surface area (Å²) in [6.07, 6.45) is 5.27. The molecule has 0 spiro atoms. The van der Waals surface area contributed by atoms with Crippen LogP contribution < -0.4 is 10.0 Å². The molecule has 0 radical (unpaired) electrons. The minimum atomic E-state index is -3.36. The van der Waals surface area contributed by atoms with Crippen LogP contribution in [-0.4, -0.2) is 30.5 Å². The van der Waals surface area contributed by atoms with Crippen molar-refractivity contribution < 1.29 is 13.2 Å². The number of nitrogens with one attached hydrogen (secondary N) is 2. The zero-order valence-electron chi connectivity index (χ0n) is 10.6. The van der Waals surface area contributed by atoms with E-state index in [1.807, 2.05) is 0 Å². The molecule has 2 N–H and O–H groups in total. The average Bonchev–Trinajstić information content (AvgIpc) is 2.38. The van der Waals surface area contributed by atoms with Crippen molar-refractivity contribution in [3.05, 3.63) is 48.5 Å². The van der Waals surface area contributed by atoms with Crippen LogP contribution in [0.5, 0.6) is 0 Å². The highest BCUT2D eigenvalue weighted by Gasteiger charge is 2.08. The first-order valence-electron chi connectivity index (χ1n) is 5.59. The molecule has 0 aliphatic carbocycles. The standard InChI is InChI=1S/C12H12N4O3S/c1-20(18,19)16-10-4-2-3-9(7-10)15-12(17)11-8-13-5-6-14-11/h2-8,16H,1H3,(H,15,17). The van der Waals surface area contributed by atoms with Crippen molar-refractivity contribution in [2.75, 3.05) is 16.3 Å². The van der Waals surface area contributed by atoms with Crippen molar-refractivity contribution >= 4 is 27.3 Å². The van der Waals surface area contributed by atoms with Crippen LogP contribution in [0.2, 0.25) is 0 Å². The molecular weight excluding hydrogens is 280 g/mol. The van der Waals surface area contributed by atoms with Crippen molar-refractivity contribution in [3.63, 3.8) is 0 Å². The lowest BCUT2D eigenvalue weighted by atomic mass is 10.3. The van der Waals surface area contributed by atoms with E-state index in [-0.39, 0.29) is 5.69 Å². The summed E-state index contributed by atoms with van der Waals surface area (Å²) in [5, 5.41) is 2.61. The van der Waals surface area contributed by atoms with Crippen LogP contribution in [0.3, 0.4) is 0 Å². The van der Waals surface area contributed by atoms with E-state index in [0.29, 0.717) is 11.4 Å². The van der Waals surface area contributed by atoms with Gasteiger partial charge in [0.05, 0.1) is 18.1 Å². The zero-order chi connectivity index (χ0) is 14.6. The minimum absolute atomic E-state index is 0.175. The Kier molecular flexibility index (Phi) is 3.94. The number of benzene rings is 1. The summed E-state index contributed by atoms with van der Waals surface area (Å²) < 4.78 is 24.6. The zero-order valence-corrected chi connectivity index (χ0v) is 11.4. The number of aromatic nitrogens is 2. The van der Waals surface area contributed by atoms with E-state index in [4.69, 9.17) is 0 Å². The third-order valence-corrected chi connectivity index (χ3v) is 2.83. The fourth-order valence-corrected chi connectivity index (χ4v) is 2.04. The van der Waals surface area contributed by atoms with Gasteiger partial charge in [0.2, 0.25) is 10.0 Å². The van der Waals surface area contributed by atoms with Crippen LogP contribution >= 0.6 is 0 Å². The second-order valence-corrected chi connectivity index (χ2v) is 5.75. The third kappa shape index (κ3) is 4.02. The van der Waals surface area contributed by atoms with Crippen molar-refractivity contribution in [3.8, 4) is 0 Å². The SMILES string of the molecule is CS(=O)(=O)Nc1cccc(NC(=O)c2cnccn2)c1. The van der Waals surface area contributed by atoms with Gasteiger partial charge >= 0.3 is 0 Å². The van der Waals surface area contributed by atoms with E-state index in [1.54, 1.807) is 18.2 Å². The first kappa shape index (κ1) is 13.9. The van der Waals surface area contributed by atoms with Gasteiger partial charge in [-0.25, -0.2) is 13.4 Å². The summed E-state index contributed by atoms with van der Waals surface area (Å²) >= 11 is 0.